The first kappa shape index (κ1) is 13.7. The lowest BCUT2D eigenvalue weighted by Gasteiger charge is -2.20. The summed E-state index contributed by atoms with van der Waals surface area (Å²) in [6.45, 7) is 9.81. The van der Waals surface area contributed by atoms with Crippen LogP contribution in [0.15, 0.2) is 31.4 Å². The summed E-state index contributed by atoms with van der Waals surface area (Å²) in [7, 11) is 3.90. The van der Waals surface area contributed by atoms with Gasteiger partial charge in [-0.25, -0.2) is 0 Å². The second-order valence-corrected chi connectivity index (χ2v) is 4.11. The number of benzene rings is 1. The van der Waals surface area contributed by atoms with Gasteiger partial charge in [-0.1, -0.05) is 24.8 Å². The molecule has 2 heteroatoms. The maximum absolute atomic E-state index is 3.88. The molecule has 1 aromatic carbocycles. The smallest absolute Gasteiger partial charge is 0.0833 e. The highest BCUT2D eigenvalue weighted by molar-refractivity contribution is 5.56. The molecule has 0 aliphatic carbocycles. The van der Waals surface area contributed by atoms with Crippen LogP contribution < -0.4 is 10.6 Å². The van der Waals surface area contributed by atoms with Crippen LogP contribution in [0, 0.1) is 6.92 Å². The second-order valence-electron chi connectivity index (χ2n) is 4.11. The number of hydrogen-bond donors (Lipinski definition) is 2. The predicted octanol–water partition coefficient (Wildman–Crippen LogP) is 2.80. The van der Waals surface area contributed by atoms with Gasteiger partial charge in [-0.15, -0.1) is 6.58 Å². The molecule has 1 rings (SSSR count). The van der Waals surface area contributed by atoms with Crippen molar-refractivity contribution in [2.45, 2.75) is 19.5 Å². The molecule has 0 spiro atoms. The fourth-order valence-electron chi connectivity index (χ4n) is 2.09. The maximum atomic E-state index is 3.88. The Kier molecular flexibility index (Phi) is 5.13. The average molecular weight is 230 g/mol. The summed E-state index contributed by atoms with van der Waals surface area (Å²) in [4.78, 5) is 0. The molecular formula is C15H22N2. The number of nitrogens with one attached hydrogen (secondary N) is 2. The van der Waals surface area contributed by atoms with Crippen LogP contribution in [0.3, 0.4) is 0 Å². The van der Waals surface area contributed by atoms with Gasteiger partial charge in [-0.3, -0.25) is 0 Å². The Bertz CT molecular complexity index is 404. The van der Waals surface area contributed by atoms with Crippen LogP contribution in [0.5, 0.6) is 0 Å². The molecule has 2 nitrogen and oxygen atoms in total. The van der Waals surface area contributed by atoms with E-state index in [1.54, 1.807) is 0 Å². The molecule has 0 radical (unpaired) electrons. The third-order valence-electron chi connectivity index (χ3n) is 3.00. The molecule has 0 saturated carbocycles. The van der Waals surface area contributed by atoms with Gasteiger partial charge in [0.2, 0.25) is 0 Å². The molecule has 2 N–H and O–H groups in total. The van der Waals surface area contributed by atoms with Crippen LogP contribution in [0.2, 0.25) is 0 Å². The van der Waals surface area contributed by atoms with Crippen molar-refractivity contribution in [2.24, 2.45) is 0 Å². The summed E-state index contributed by atoms with van der Waals surface area (Å²) in [6.07, 6.45) is 4.89. The predicted molar refractivity (Wildman–Crippen MR) is 76.0 cm³/mol. The van der Waals surface area contributed by atoms with Gasteiger partial charge in [0.05, 0.1) is 6.17 Å². The topological polar surface area (TPSA) is 24.1 Å². The van der Waals surface area contributed by atoms with Crippen molar-refractivity contribution >= 4 is 6.08 Å². The van der Waals surface area contributed by atoms with Crippen LogP contribution in [0.1, 0.15) is 28.4 Å². The number of rotatable bonds is 6. The highest BCUT2D eigenvalue weighted by atomic mass is 15.1. The summed E-state index contributed by atoms with van der Waals surface area (Å²) in [6, 6.07) is 4.41. The second kappa shape index (κ2) is 6.38. The first-order valence-corrected chi connectivity index (χ1v) is 5.89. The zero-order valence-corrected chi connectivity index (χ0v) is 11.0. The Morgan fingerprint density at radius 3 is 2.35 bits per heavy atom. The number of allylic oxidation sites excluding steroid dienone is 1. The van der Waals surface area contributed by atoms with Crippen molar-refractivity contribution in [1.29, 1.82) is 0 Å². The summed E-state index contributed by atoms with van der Waals surface area (Å²) in [5, 5.41) is 6.49. The summed E-state index contributed by atoms with van der Waals surface area (Å²) >= 11 is 0. The zero-order valence-electron chi connectivity index (χ0n) is 11.0. The number of hydrogen-bond acceptors (Lipinski definition) is 2. The molecule has 92 valence electrons. The summed E-state index contributed by atoms with van der Waals surface area (Å²) in [5.41, 5.74) is 5.00. The van der Waals surface area contributed by atoms with E-state index in [0.717, 1.165) is 6.42 Å². The fraction of sp³-hybridized carbons (Fsp3) is 0.333. The van der Waals surface area contributed by atoms with Crippen molar-refractivity contribution in [3.05, 3.63) is 53.6 Å². The molecule has 0 saturated heterocycles. The monoisotopic (exact) mass is 230 g/mol. The normalized spacial score (nSPS) is 10.6. The van der Waals surface area contributed by atoms with Crippen molar-refractivity contribution in [3.63, 3.8) is 0 Å². The van der Waals surface area contributed by atoms with Crippen molar-refractivity contribution in [1.82, 2.24) is 10.6 Å². The van der Waals surface area contributed by atoms with Gasteiger partial charge in [0, 0.05) is 0 Å². The average Bonchev–Trinajstić information content (AvgIpc) is 2.33. The van der Waals surface area contributed by atoms with Gasteiger partial charge >= 0.3 is 0 Å². The quantitative estimate of drug-likeness (QED) is 0.580. The molecule has 0 heterocycles. The molecule has 0 bridgehead atoms. The zero-order chi connectivity index (χ0) is 12.8. The first-order valence-electron chi connectivity index (χ1n) is 5.89. The van der Waals surface area contributed by atoms with E-state index in [2.05, 4.69) is 42.8 Å². The van der Waals surface area contributed by atoms with Crippen molar-refractivity contribution in [3.8, 4) is 0 Å². The largest absolute Gasteiger partial charge is 0.301 e. The number of aryl methyl sites for hydroxylation is 1. The Hall–Kier alpha value is -1.38. The van der Waals surface area contributed by atoms with Gasteiger partial charge in [-0.2, -0.15) is 0 Å². The van der Waals surface area contributed by atoms with Gasteiger partial charge < -0.3 is 10.6 Å². The van der Waals surface area contributed by atoms with Gasteiger partial charge in [-0.05, 0) is 55.8 Å². The van der Waals surface area contributed by atoms with Crippen LogP contribution in [0.25, 0.3) is 6.08 Å². The molecule has 0 fully saturated rings. The molecule has 0 aliphatic heterocycles. The lowest BCUT2D eigenvalue weighted by molar-refractivity contribution is 0.517. The van der Waals surface area contributed by atoms with E-state index in [-0.39, 0.29) is 6.17 Å². The summed E-state index contributed by atoms with van der Waals surface area (Å²) < 4.78 is 0. The Balaban J connectivity index is 3.25. The van der Waals surface area contributed by atoms with Crippen molar-refractivity contribution in [2.75, 3.05) is 14.1 Å². The minimum Gasteiger partial charge on any atom is -0.301 e. The van der Waals surface area contributed by atoms with Crippen LogP contribution in [-0.2, 0) is 6.42 Å². The molecule has 0 atom stereocenters. The lowest BCUT2D eigenvalue weighted by Crippen LogP contribution is -2.29. The van der Waals surface area contributed by atoms with E-state index in [0.29, 0.717) is 0 Å². The summed E-state index contributed by atoms with van der Waals surface area (Å²) in [5.74, 6) is 0. The van der Waals surface area contributed by atoms with Crippen LogP contribution in [-0.4, -0.2) is 14.1 Å². The van der Waals surface area contributed by atoms with Crippen LogP contribution >= 0.6 is 0 Å². The first-order chi connectivity index (χ1) is 8.17. The van der Waals surface area contributed by atoms with Gasteiger partial charge in [0.15, 0.2) is 0 Å². The van der Waals surface area contributed by atoms with Gasteiger partial charge in [0.25, 0.3) is 0 Å². The van der Waals surface area contributed by atoms with E-state index < -0.39 is 0 Å². The highest BCUT2D eigenvalue weighted by Gasteiger charge is 2.11. The van der Waals surface area contributed by atoms with E-state index in [9.17, 15) is 0 Å². The lowest BCUT2D eigenvalue weighted by atomic mass is 9.95. The minimum atomic E-state index is 0.173. The van der Waals surface area contributed by atoms with Crippen molar-refractivity contribution < 1.29 is 0 Å². The van der Waals surface area contributed by atoms with E-state index >= 15 is 0 Å². The van der Waals surface area contributed by atoms with E-state index in [1.807, 2.05) is 26.2 Å². The Morgan fingerprint density at radius 2 is 1.88 bits per heavy atom. The maximum Gasteiger partial charge on any atom is 0.0833 e. The van der Waals surface area contributed by atoms with Gasteiger partial charge in [0.1, 0.15) is 0 Å². The molecule has 0 aliphatic rings. The third-order valence-corrected chi connectivity index (χ3v) is 3.00. The highest BCUT2D eigenvalue weighted by Crippen LogP contribution is 2.22. The standard InChI is InChI=1S/C15H22N2/c1-6-8-13-9-11(3)14(10-12(13)7-2)15(16-4)17-5/h6-7,9-10,15-17H,1-2,8H2,3-5H3. The molecular weight excluding hydrogens is 208 g/mol. The third kappa shape index (κ3) is 3.05. The van der Waals surface area contributed by atoms with E-state index in [1.165, 1.54) is 22.3 Å². The Labute approximate surface area is 104 Å². The molecule has 17 heavy (non-hydrogen) atoms. The molecule has 0 aromatic heterocycles. The molecule has 0 unspecified atom stereocenters. The van der Waals surface area contributed by atoms with E-state index in [4.69, 9.17) is 0 Å². The molecule has 0 amide bonds. The Morgan fingerprint density at radius 1 is 1.24 bits per heavy atom. The fourth-order valence-corrected chi connectivity index (χ4v) is 2.09. The van der Waals surface area contributed by atoms with Crippen LogP contribution in [0.4, 0.5) is 0 Å². The SMILES string of the molecule is C=CCc1cc(C)c(C(NC)NC)cc1C=C. The minimum absolute atomic E-state index is 0.173. The molecule has 1 aromatic rings.